The summed E-state index contributed by atoms with van der Waals surface area (Å²) in [5, 5.41) is 3.47. The number of unbranched alkanes of at least 4 members (excludes halogenated alkanes) is 1. The molecular formula is C27H30ClNO6. The Balaban J connectivity index is 1.88. The van der Waals surface area contributed by atoms with Crippen LogP contribution in [0, 0.1) is 0 Å². The van der Waals surface area contributed by atoms with E-state index in [1.54, 1.807) is 26.8 Å². The summed E-state index contributed by atoms with van der Waals surface area (Å²) < 4.78 is 16.2. The van der Waals surface area contributed by atoms with Crippen LogP contribution in [0.25, 0.3) is 11.0 Å². The summed E-state index contributed by atoms with van der Waals surface area (Å²) in [6.45, 7) is 7.26. The molecule has 8 heteroatoms. The largest absolute Gasteiger partial charge is 0.444 e. The summed E-state index contributed by atoms with van der Waals surface area (Å²) in [5.41, 5.74) is 0.695. The summed E-state index contributed by atoms with van der Waals surface area (Å²) in [7, 11) is 0. The fourth-order valence-electron chi connectivity index (χ4n) is 3.55. The number of carbonyl (C=O) groups is 2. The van der Waals surface area contributed by atoms with Crippen molar-refractivity contribution in [2.45, 2.75) is 65.0 Å². The zero-order valence-electron chi connectivity index (χ0n) is 20.4. The molecule has 0 fully saturated rings. The number of fused-ring (bicyclic) bond motifs is 1. The van der Waals surface area contributed by atoms with Crippen molar-refractivity contribution in [2.75, 3.05) is 0 Å². The van der Waals surface area contributed by atoms with Crippen LogP contribution in [0.15, 0.2) is 57.7 Å². The van der Waals surface area contributed by atoms with Gasteiger partial charge in [-0.25, -0.2) is 14.4 Å². The van der Waals surface area contributed by atoms with Gasteiger partial charge in [-0.1, -0.05) is 55.3 Å². The summed E-state index contributed by atoms with van der Waals surface area (Å²) in [6, 6.07) is 12.7. The minimum absolute atomic E-state index is 0.0315. The van der Waals surface area contributed by atoms with Crippen LogP contribution in [0.3, 0.4) is 0 Å². The number of amides is 1. The van der Waals surface area contributed by atoms with E-state index < -0.39 is 29.3 Å². The number of rotatable bonds is 8. The maximum atomic E-state index is 13.1. The van der Waals surface area contributed by atoms with Crippen molar-refractivity contribution >= 4 is 34.6 Å². The SMILES string of the molecule is CCCCc1cc(=O)oc2cc(OC(=O)[C@@H](Cc3ccccc3)NC(=O)OC(C)(C)C)c(Cl)cc12. The van der Waals surface area contributed by atoms with Gasteiger partial charge in [0.2, 0.25) is 0 Å². The standard InChI is InChI=1S/C27H30ClNO6/c1-5-6-12-18-14-24(30)33-22-16-23(20(28)15-19(18)22)34-25(31)21(13-17-10-8-7-9-11-17)29-26(32)35-27(2,3)4/h7-11,14-16,21H,5-6,12-13H2,1-4H3,(H,29,32)/t21-/m1/s1. The Bertz CT molecular complexity index is 1250. The highest BCUT2D eigenvalue weighted by Gasteiger charge is 2.27. The van der Waals surface area contributed by atoms with Gasteiger partial charge in [0.15, 0.2) is 5.75 Å². The van der Waals surface area contributed by atoms with Crippen LogP contribution >= 0.6 is 11.6 Å². The van der Waals surface area contributed by atoms with Crippen LogP contribution in [0.4, 0.5) is 4.79 Å². The third-order valence-corrected chi connectivity index (χ3v) is 5.45. The van der Waals surface area contributed by atoms with Gasteiger partial charge in [-0.3, -0.25) is 0 Å². The second-order valence-corrected chi connectivity index (χ2v) is 9.69. The molecule has 186 valence electrons. The van der Waals surface area contributed by atoms with Crippen molar-refractivity contribution < 1.29 is 23.5 Å². The lowest BCUT2D eigenvalue weighted by atomic mass is 10.0. The molecule has 3 rings (SSSR count). The average Bonchev–Trinajstić information content (AvgIpc) is 2.77. The highest BCUT2D eigenvalue weighted by Crippen LogP contribution is 2.32. The molecule has 0 aliphatic rings. The second-order valence-electron chi connectivity index (χ2n) is 9.28. The average molecular weight is 500 g/mol. The molecule has 0 spiro atoms. The van der Waals surface area contributed by atoms with Crippen LogP contribution < -0.4 is 15.7 Å². The van der Waals surface area contributed by atoms with E-state index in [0.717, 1.165) is 24.0 Å². The zero-order valence-corrected chi connectivity index (χ0v) is 21.1. The van der Waals surface area contributed by atoms with E-state index in [0.29, 0.717) is 11.8 Å². The predicted octanol–water partition coefficient (Wildman–Crippen LogP) is 5.83. The smallest absolute Gasteiger partial charge is 0.408 e. The van der Waals surface area contributed by atoms with Crippen molar-refractivity contribution in [3.8, 4) is 5.75 Å². The molecule has 0 saturated heterocycles. The number of nitrogens with one attached hydrogen (secondary N) is 1. The van der Waals surface area contributed by atoms with Crippen molar-refractivity contribution in [2.24, 2.45) is 0 Å². The molecule has 0 saturated carbocycles. The summed E-state index contributed by atoms with van der Waals surface area (Å²) in [4.78, 5) is 37.6. The van der Waals surface area contributed by atoms with Crippen molar-refractivity contribution in [1.29, 1.82) is 0 Å². The Hall–Kier alpha value is -3.32. The maximum Gasteiger partial charge on any atom is 0.408 e. The number of benzene rings is 2. The van der Waals surface area contributed by atoms with Crippen molar-refractivity contribution in [3.05, 3.63) is 75.1 Å². The third-order valence-electron chi connectivity index (χ3n) is 5.15. The molecule has 1 amide bonds. The van der Waals surface area contributed by atoms with Gasteiger partial charge in [-0.15, -0.1) is 0 Å². The van der Waals surface area contributed by atoms with Crippen LogP contribution in [-0.4, -0.2) is 23.7 Å². The van der Waals surface area contributed by atoms with Crippen LogP contribution in [0.2, 0.25) is 5.02 Å². The van der Waals surface area contributed by atoms with Crippen LogP contribution in [-0.2, 0) is 22.4 Å². The monoisotopic (exact) mass is 499 g/mol. The van der Waals surface area contributed by atoms with E-state index in [2.05, 4.69) is 12.2 Å². The zero-order chi connectivity index (χ0) is 25.6. The van der Waals surface area contributed by atoms with E-state index in [1.165, 1.54) is 12.1 Å². The molecule has 2 aromatic carbocycles. The molecule has 1 heterocycles. The molecule has 3 aromatic rings. The van der Waals surface area contributed by atoms with E-state index in [-0.39, 0.29) is 22.8 Å². The Morgan fingerprint density at radius 3 is 2.49 bits per heavy atom. The minimum atomic E-state index is -1.04. The lowest BCUT2D eigenvalue weighted by Crippen LogP contribution is -2.46. The highest BCUT2D eigenvalue weighted by atomic mass is 35.5. The predicted molar refractivity (Wildman–Crippen MR) is 135 cm³/mol. The summed E-state index contributed by atoms with van der Waals surface area (Å²) >= 11 is 6.44. The first-order valence-corrected chi connectivity index (χ1v) is 11.9. The van der Waals surface area contributed by atoms with E-state index in [1.807, 2.05) is 30.3 Å². The number of carbonyl (C=O) groups excluding carboxylic acids is 2. The summed E-state index contributed by atoms with van der Waals surface area (Å²) in [5.74, 6) is -0.700. The number of esters is 1. The molecule has 1 N–H and O–H groups in total. The first kappa shape index (κ1) is 26.3. The number of hydrogen-bond donors (Lipinski definition) is 1. The highest BCUT2D eigenvalue weighted by molar-refractivity contribution is 6.33. The van der Waals surface area contributed by atoms with Gasteiger partial charge in [0.1, 0.15) is 17.2 Å². The quantitative estimate of drug-likeness (QED) is 0.238. The Morgan fingerprint density at radius 2 is 1.83 bits per heavy atom. The molecule has 0 unspecified atom stereocenters. The van der Waals surface area contributed by atoms with Crippen molar-refractivity contribution in [1.82, 2.24) is 5.32 Å². The topological polar surface area (TPSA) is 94.8 Å². The van der Waals surface area contributed by atoms with Crippen molar-refractivity contribution in [3.63, 3.8) is 0 Å². The van der Waals surface area contributed by atoms with Crippen LogP contribution in [0.5, 0.6) is 5.75 Å². The fourth-order valence-corrected chi connectivity index (χ4v) is 3.75. The number of halogens is 1. The Morgan fingerprint density at radius 1 is 1.11 bits per heavy atom. The maximum absolute atomic E-state index is 13.1. The fraction of sp³-hybridized carbons (Fsp3) is 0.370. The number of hydrogen-bond acceptors (Lipinski definition) is 6. The van der Waals surface area contributed by atoms with Gasteiger partial charge in [0.25, 0.3) is 0 Å². The van der Waals surface area contributed by atoms with Gasteiger partial charge in [-0.2, -0.15) is 0 Å². The lowest BCUT2D eigenvalue weighted by molar-refractivity contribution is -0.136. The number of ether oxygens (including phenoxy) is 2. The molecule has 0 aliphatic heterocycles. The molecule has 0 aliphatic carbocycles. The minimum Gasteiger partial charge on any atom is -0.444 e. The molecule has 0 radical (unpaired) electrons. The molecule has 35 heavy (non-hydrogen) atoms. The number of alkyl carbamates (subject to hydrolysis) is 1. The van der Waals surface area contributed by atoms with Gasteiger partial charge >= 0.3 is 17.7 Å². The molecular weight excluding hydrogens is 470 g/mol. The Labute approximate surface area is 209 Å². The second kappa shape index (κ2) is 11.4. The molecule has 7 nitrogen and oxygen atoms in total. The molecule has 0 bridgehead atoms. The van der Waals surface area contributed by atoms with E-state index >= 15 is 0 Å². The third kappa shape index (κ3) is 7.59. The molecule has 1 aromatic heterocycles. The van der Waals surface area contributed by atoms with Crippen LogP contribution in [0.1, 0.15) is 51.7 Å². The normalized spacial score (nSPS) is 12.3. The number of aryl methyl sites for hydroxylation is 1. The van der Waals surface area contributed by atoms with Gasteiger partial charge in [0, 0.05) is 23.9 Å². The van der Waals surface area contributed by atoms with E-state index in [9.17, 15) is 14.4 Å². The lowest BCUT2D eigenvalue weighted by Gasteiger charge is -2.23. The Kier molecular flexibility index (Phi) is 8.57. The first-order chi connectivity index (χ1) is 16.6. The van der Waals surface area contributed by atoms with Gasteiger partial charge < -0.3 is 19.2 Å². The van der Waals surface area contributed by atoms with Gasteiger partial charge in [0.05, 0.1) is 5.02 Å². The first-order valence-electron chi connectivity index (χ1n) is 11.6. The molecule has 1 atom stereocenters. The van der Waals surface area contributed by atoms with E-state index in [4.69, 9.17) is 25.5 Å². The van der Waals surface area contributed by atoms with Gasteiger partial charge in [-0.05, 0) is 50.8 Å². The summed E-state index contributed by atoms with van der Waals surface area (Å²) in [6.07, 6.45) is 2.02.